The van der Waals surface area contributed by atoms with Crippen molar-refractivity contribution in [3.8, 4) is 0 Å². The molecule has 0 aliphatic carbocycles. The average molecular weight is 255 g/mol. The lowest BCUT2D eigenvalue weighted by Gasteiger charge is -2.22. The minimum Gasteiger partial charge on any atom is -0.355 e. The summed E-state index contributed by atoms with van der Waals surface area (Å²) in [5.41, 5.74) is 0. The van der Waals surface area contributed by atoms with E-state index in [4.69, 9.17) is 11.6 Å². The summed E-state index contributed by atoms with van der Waals surface area (Å²) in [5, 5.41) is 3.35. The molecule has 2 rings (SSSR count). The van der Waals surface area contributed by atoms with Crippen molar-refractivity contribution in [3.63, 3.8) is 0 Å². The lowest BCUT2D eigenvalue weighted by Crippen LogP contribution is -2.27. The minimum atomic E-state index is 0.641. The van der Waals surface area contributed by atoms with Crippen molar-refractivity contribution in [1.82, 2.24) is 4.98 Å². The van der Waals surface area contributed by atoms with Crippen LogP contribution in [0.4, 0.5) is 5.82 Å². The number of fused-ring (bicyclic) bond motifs is 1. The largest absolute Gasteiger partial charge is 0.355 e. The maximum atomic E-state index is 5.84. The molecule has 4 heteroatoms. The Balaban J connectivity index is 2.38. The number of alkyl halides is 1. The van der Waals surface area contributed by atoms with E-state index in [0.29, 0.717) is 5.88 Å². The number of halogens is 1. The van der Waals surface area contributed by atoms with Crippen LogP contribution in [0, 0.1) is 0 Å². The van der Waals surface area contributed by atoms with E-state index in [2.05, 4.69) is 34.3 Å². The summed E-state index contributed by atoms with van der Waals surface area (Å²) < 4.78 is 1.29. The van der Waals surface area contributed by atoms with E-state index in [1.807, 2.05) is 6.20 Å². The van der Waals surface area contributed by atoms with E-state index in [1.54, 1.807) is 11.3 Å². The first-order chi connectivity index (χ1) is 7.86. The van der Waals surface area contributed by atoms with Gasteiger partial charge in [-0.05, 0) is 23.9 Å². The Morgan fingerprint density at radius 1 is 1.38 bits per heavy atom. The first-order valence-electron chi connectivity index (χ1n) is 5.50. The van der Waals surface area contributed by atoms with Crippen molar-refractivity contribution in [2.24, 2.45) is 0 Å². The van der Waals surface area contributed by atoms with Gasteiger partial charge in [0.1, 0.15) is 5.82 Å². The zero-order valence-corrected chi connectivity index (χ0v) is 10.9. The van der Waals surface area contributed by atoms with Gasteiger partial charge in [-0.2, -0.15) is 0 Å². The first-order valence-corrected chi connectivity index (χ1v) is 6.91. The standard InChI is InChI=1S/C12H15ClN2S/c1-2-7-15(8-5-13)12-10-4-9-16-11(10)3-6-14-12/h3-4,6,9H,2,5,7-8H2,1H3. The number of nitrogens with zero attached hydrogens (tertiary/aromatic N) is 2. The Morgan fingerprint density at radius 2 is 2.25 bits per heavy atom. The highest BCUT2D eigenvalue weighted by Crippen LogP contribution is 2.28. The van der Waals surface area contributed by atoms with Gasteiger partial charge >= 0.3 is 0 Å². The fourth-order valence-electron chi connectivity index (χ4n) is 1.83. The second-order valence-electron chi connectivity index (χ2n) is 3.64. The number of thiophene rings is 1. The second kappa shape index (κ2) is 5.51. The van der Waals surface area contributed by atoms with E-state index >= 15 is 0 Å². The summed E-state index contributed by atoms with van der Waals surface area (Å²) in [6.07, 6.45) is 2.99. The van der Waals surface area contributed by atoms with Gasteiger partial charge in [0.25, 0.3) is 0 Å². The molecular weight excluding hydrogens is 240 g/mol. The number of hydrogen-bond donors (Lipinski definition) is 0. The molecule has 0 unspecified atom stereocenters. The summed E-state index contributed by atoms with van der Waals surface area (Å²) in [6.45, 7) is 4.04. The van der Waals surface area contributed by atoms with Crippen molar-refractivity contribution in [3.05, 3.63) is 23.7 Å². The Bertz CT molecular complexity index is 449. The van der Waals surface area contributed by atoms with Crippen molar-refractivity contribution < 1.29 is 0 Å². The molecule has 16 heavy (non-hydrogen) atoms. The van der Waals surface area contributed by atoms with Crippen LogP contribution >= 0.6 is 22.9 Å². The van der Waals surface area contributed by atoms with Crippen LogP contribution in [0.1, 0.15) is 13.3 Å². The van der Waals surface area contributed by atoms with Crippen molar-refractivity contribution in [2.75, 3.05) is 23.9 Å². The average Bonchev–Trinajstić information content (AvgIpc) is 2.76. The minimum absolute atomic E-state index is 0.641. The summed E-state index contributed by atoms with van der Waals surface area (Å²) in [5.74, 6) is 1.71. The predicted octanol–water partition coefficient (Wildman–Crippen LogP) is 3.75. The summed E-state index contributed by atoms with van der Waals surface area (Å²) in [7, 11) is 0. The van der Waals surface area contributed by atoms with Crippen LogP contribution in [-0.2, 0) is 0 Å². The summed E-state index contributed by atoms with van der Waals surface area (Å²) in [4.78, 5) is 6.76. The molecule has 0 aromatic carbocycles. The lowest BCUT2D eigenvalue weighted by molar-refractivity contribution is 0.785. The van der Waals surface area contributed by atoms with Crippen molar-refractivity contribution in [1.29, 1.82) is 0 Å². The summed E-state index contributed by atoms with van der Waals surface area (Å²) in [6, 6.07) is 4.20. The van der Waals surface area contributed by atoms with Crippen LogP contribution < -0.4 is 4.90 Å². The van der Waals surface area contributed by atoms with Gasteiger partial charge in [-0.25, -0.2) is 4.98 Å². The maximum absolute atomic E-state index is 5.84. The number of anilines is 1. The topological polar surface area (TPSA) is 16.1 Å². The molecule has 0 aliphatic rings. The third-order valence-electron chi connectivity index (χ3n) is 2.51. The van der Waals surface area contributed by atoms with E-state index in [1.165, 1.54) is 10.1 Å². The van der Waals surface area contributed by atoms with E-state index < -0.39 is 0 Å². The molecule has 0 fully saturated rings. The van der Waals surface area contributed by atoms with Gasteiger partial charge in [0.2, 0.25) is 0 Å². The van der Waals surface area contributed by atoms with Gasteiger partial charge in [-0.15, -0.1) is 22.9 Å². The first kappa shape index (κ1) is 11.7. The molecule has 0 N–H and O–H groups in total. The molecule has 0 bridgehead atoms. The van der Waals surface area contributed by atoms with Gasteiger partial charge in [0.05, 0.1) is 0 Å². The zero-order chi connectivity index (χ0) is 11.4. The van der Waals surface area contributed by atoms with Crippen LogP contribution in [0.25, 0.3) is 10.1 Å². The zero-order valence-electron chi connectivity index (χ0n) is 9.32. The Morgan fingerprint density at radius 3 is 3.00 bits per heavy atom. The van der Waals surface area contributed by atoms with E-state index in [-0.39, 0.29) is 0 Å². The number of rotatable bonds is 5. The summed E-state index contributed by atoms with van der Waals surface area (Å²) >= 11 is 7.60. The molecule has 0 saturated heterocycles. The highest BCUT2D eigenvalue weighted by molar-refractivity contribution is 7.17. The van der Waals surface area contributed by atoms with E-state index in [9.17, 15) is 0 Å². The molecule has 0 atom stereocenters. The molecule has 2 heterocycles. The molecular formula is C12H15ClN2S. The van der Waals surface area contributed by atoms with Crippen LogP contribution in [0.5, 0.6) is 0 Å². The highest BCUT2D eigenvalue weighted by atomic mass is 35.5. The number of aromatic nitrogens is 1. The van der Waals surface area contributed by atoms with Crippen LogP contribution in [0.2, 0.25) is 0 Å². The molecule has 2 aromatic rings. The fourth-order valence-corrected chi connectivity index (χ4v) is 2.81. The smallest absolute Gasteiger partial charge is 0.137 e. The number of hydrogen-bond acceptors (Lipinski definition) is 3. The van der Waals surface area contributed by atoms with Gasteiger partial charge in [0.15, 0.2) is 0 Å². The molecule has 2 aromatic heterocycles. The quantitative estimate of drug-likeness (QED) is 0.756. The van der Waals surface area contributed by atoms with Crippen molar-refractivity contribution in [2.45, 2.75) is 13.3 Å². The van der Waals surface area contributed by atoms with Crippen molar-refractivity contribution >= 4 is 38.8 Å². The normalized spacial score (nSPS) is 10.9. The van der Waals surface area contributed by atoms with Gasteiger partial charge in [-0.1, -0.05) is 6.92 Å². The van der Waals surface area contributed by atoms with Gasteiger partial charge in [0, 0.05) is 35.3 Å². The van der Waals surface area contributed by atoms with Crippen LogP contribution in [-0.4, -0.2) is 24.0 Å². The van der Waals surface area contributed by atoms with Gasteiger partial charge < -0.3 is 4.90 Å². The second-order valence-corrected chi connectivity index (χ2v) is 4.97. The maximum Gasteiger partial charge on any atom is 0.137 e. The van der Waals surface area contributed by atoms with Crippen LogP contribution in [0.15, 0.2) is 23.7 Å². The monoisotopic (exact) mass is 254 g/mol. The van der Waals surface area contributed by atoms with E-state index in [0.717, 1.165) is 25.3 Å². The Hall–Kier alpha value is -0.800. The molecule has 0 aliphatic heterocycles. The molecule has 86 valence electrons. The molecule has 0 amide bonds. The SMILES string of the molecule is CCCN(CCCl)c1nccc2sccc12. The molecule has 0 radical (unpaired) electrons. The third kappa shape index (κ3) is 2.30. The Labute approximate surface area is 105 Å². The molecule has 2 nitrogen and oxygen atoms in total. The predicted molar refractivity (Wildman–Crippen MR) is 72.8 cm³/mol. The fraction of sp³-hybridized carbons (Fsp3) is 0.417. The molecule has 0 spiro atoms. The van der Waals surface area contributed by atoms with Gasteiger partial charge in [-0.3, -0.25) is 0 Å². The molecule has 0 saturated carbocycles. The lowest BCUT2D eigenvalue weighted by atomic mass is 10.3. The number of pyridine rings is 1. The highest BCUT2D eigenvalue weighted by Gasteiger charge is 2.10. The Kier molecular flexibility index (Phi) is 4.02. The third-order valence-corrected chi connectivity index (χ3v) is 3.56. The van der Waals surface area contributed by atoms with Crippen LogP contribution in [0.3, 0.4) is 0 Å².